The maximum atomic E-state index is 2.52. The minimum absolute atomic E-state index is 0.568. The van der Waals surface area contributed by atoms with Crippen molar-refractivity contribution in [2.24, 2.45) is 0 Å². The Morgan fingerprint density at radius 2 is 2.13 bits per heavy atom. The van der Waals surface area contributed by atoms with Gasteiger partial charge in [0.05, 0.1) is 0 Å². The van der Waals surface area contributed by atoms with E-state index in [1.807, 2.05) is 0 Å². The van der Waals surface area contributed by atoms with Crippen LogP contribution in [0.25, 0.3) is 0 Å². The number of likely N-dealkylation sites (N-methyl/N-ethyl adjacent to an activating group) is 1. The van der Waals surface area contributed by atoms with E-state index in [1.165, 1.54) is 24.0 Å². The maximum absolute atomic E-state index is 2.52. The molecule has 82 valence electrons. The largest absolute Gasteiger partial charge is 0.296 e. The Morgan fingerprint density at radius 3 is 2.80 bits per heavy atom. The van der Waals surface area contributed by atoms with Gasteiger partial charge in [-0.15, -0.1) is 0 Å². The molecule has 0 aliphatic carbocycles. The molecule has 0 spiro atoms. The zero-order chi connectivity index (χ0) is 11.0. The lowest BCUT2D eigenvalue weighted by atomic mass is 9.86. The molecule has 1 heterocycles. The molecule has 0 unspecified atom stereocenters. The molecule has 1 aromatic rings. The third-order valence-corrected chi connectivity index (χ3v) is 3.99. The van der Waals surface area contributed by atoms with Crippen LogP contribution < -0.4 is 0 Å². The molecule has 1 aromatic carbocycles. The Bertz CT molecular complexity index is 356. The fraction of sp³-hybridized carbons (Fsp3) is 0.571. The molecule has 0 N–H and O–H groups in total. The van der Waals surface area contributed by atoms with E-state index in [4.69, 9.17) is 0 Å². The Hall–Kier alpha value is -0.820. The van der Waals surface area contributed by atoms with Gasteiger partial charge in [-0.25, -0.2) is 0 Å². The minimum atomic E-state index is 0.568. The summed E-state index contributed by atoms with van der Waals surface area (Å²) in [6, 6.07) is 8.00. The number of hydrogen-bond acceptors (Lipinski definition) is 1. The van der Waals surface area contributed by atoms with Crippen molar-refractivity contribution in [1.29, 1.82) is 0 Å². The van der Waals surface area contributed by atoms with Gasteiger partial charge in [0, 0.05) is 12.1 Å². The van der Waals surface area contributed by atoms with E-state index in [-0.39, 0.29) is 0 Å². The second kappa shape index (κ2) is 3.97. The smallest absolute Gasteiger partial charge is 0.0322 e. The molecule has 0 bridgehead atoms. The molecule has 0 saturated heterocycles. The van der Waals surface area contributed by atoms with Gasteiger partial charge in [-0.2, -0.15) is 0 Å². The molecule has 1 aliphatic rings. The number of nitrogens with zero attached hydrogens (tertiary/aromatic N) is 1. The van der Waals surface area contributed by atoms with Crippen LogP contribution in [0.15, 0.2) is 18.2 Å². The standard InChI is InChI=1S/C14H21N/c1-5-12-9-14-10(2)7-6-8-13(14)11(3)15(12)4/h6-8,11-12H,5,9H2,1-4H3/t11-,12-/m0/s1. The monoisotopic (exact) mass is 203 g/mol. The summed E-state index contributed by atoms with van der Waals surface area (Å²) in [5.41, 5.74) is 4.59. The molecule has 1 nitrogen and oxygen atoms in total. The summed E-state index contributed by atoms with van der Waals surface area (Å²) in [6.45, 7) is 6.85. The van der Waals surface area contributed by atoms with Crippen molar-refractivity contribution >= 4 is 0 Å². The van der Waals surface area contributed by atoms with Crippen molar-refractivity contribution in [2.75, 3.05) is 7.05 Å². The summed E-state index contributed by atoms with van der Waals surface area (Å²) < 4.78 is 0. The van der Waals surface area contributed by atoms with Gasteiger partial charge in [-0.3, -0.25) is 4.90 Å². The predicted octanol–water partition coefficient (Wildman–Crippen LogP) is 3.32. The summed E-state index contributed by atoms with van der Waals surface area (Å²) in [7, 11) is 2.25. The van der Waals surface area contributed by atoms with E-state index >= 15 is 0 Å². The second-order valence-electron chi connectivity index (χ2n) is 4.75. The fourth-order valence-electron chi connectivity index (χ4n) is 2.74. The summed E-state index contributed by atoms with van der Waals surface area (Å²) in [4.78, 5) is 2.52. The summed E-state index contributed by atoms with van der Waals surface area (Å²) in [5.74, 6) is 0. The van der Waals surface area contributed by atoms with Gasteiger partial charge >= 0.3 is 0 Å². The first kappa shape index (κ1) is 10.7. The zero-order valence-corrected chi connectivity index (χ0v) is 10.2. The molecular weight excluding hydrogens is 182 g/mol. The summed E-state index contributed by atoms with van der Waals surface area (Å²) >= 11 is 0. The Morgan fingerprint density at radius 1 is 1.40 bits per heavy atom. The molecule has 1 aliphatic heterocycles. The summed E-state index contributed by atoms with van der Waals surface area (Å²) in [6.07, 6.45) is 2.47. The van der Waals surface area contributed by atoms with Crippen LogP contribution in [-0.2, 0) is 6.42 Å². The molecule has 2 atom stereocenters. The van der Waals surface area contributed by atoms with Gasteiger partial charge in [0.2, 0.25) is 0 Å². The molecule has 0 fully saturated rings. The van der Waals surface area contributed by atoms with Crippen LogP contribution in [0.2, 0.25) is 0 Å². The number of hydrogen-bond donors (Lipinski definition) is 0. The Balaban J connectivity index is 2.45. The van der Waals surface area contributed by atoms with E-state index in [0.29, 0.717) is 12.1 Å². The second-order valence-corrected chi connectivity index (χ2v) is 4.75. The molecule has 15 heavy (non-hydrogen) atoms. The number of aryl methyl sites for hydroxylation is 1. The first-order valence-corrected chi connectivity index (χ1v) is 5.95. The highest BCUT2D eigenvalue weighted by Gasteiger charge is 2.28. The predicted molar refractivity (Wildman–Crippen MR) is 65.1 cm³/mol. The van der Waals surface area contributed by atoms with Crippen LogP contribution in [0.4, 0.5) is 0 Å². The van der Waals surface area contributed by atoms with E-state index < -0.39 is 0 Å². The van der Waals surface area contributed by atoms with E-state index in [0.717, 1.165) is 0 Å². The summed E-state index contributed by atoms with van der Waals surface area (Å²) in [5, 5.41) is 0. The topological polar surface area (TPSA) is 3.24 Å². The maximum Gasteiger partial charge on any atom is 0.0322 e. The zero-order valence-electron chi connectivity index (χ0n) is 10.2. The van der Waals surface area contributed by atoms with Crippen molar-refractivity contribution in [2.45, 2.75) is 45.7 Å². The van der Waals surface area contributed by atoms with Gasteiger partial charge in [0.15, 0.2) is 0 Å². The van der Waals surface area contributed by atoms with Crippen LogP contribution in [0, 0.1) is 6.92 Å². The molecule has 0 saturated carbocycles. The molecular formula is C14H21N. The fourth-order valence-corrected chi connectivity index (χ4v) is 2.74. The molecule has 0 aromatic heterocycles. The lowest BCUT2D eigenvalue weighted by Gasteiger charge is -2.39. The van der Waals surface area contributed by atoms with Crippen LogP contribution in [0.3, 0.4) is 0 Å². The van der Waals surface area contributed by atoms with Gasteiger partial charge in [-0.05, 0) is 50.4 Å². The molecule has 0 amide bonds. The average molecular weight is 203 g/mol. The lowest BCUT2D eigenvalue weighted by molar-refractivity contribution is 0.162. The van der Waals surface area contributed by atoms with Crippen molar-refractivity contribution in [3.05, 3.63) is 34.9 Å². The van der Waals surface area contributed by atoms with Crippen LogP contribution in [-0.4, -0.2) is 18.0 Å². The average Bonchev–Trinajstić information content (AvgIpc) is 2.24. The molecule has 1 heteroatoms. The van der Waals surface area contributed by atoms with Crippen molar-refractivity contribution < 1.29 is 0 Å². The molecule has 2 rings (SSSR count). The van der Waals surface area contributed by atoms with Gasteiger partial charge < -0.3 is 0 Å². The third-order valence-electron chi connectivity index (χ3n) is 3.99. The van der Waals surface area contributed by atoms with Crippen LogP contribution in [0.5, 0.6) is 0 Å². The van der Waals surface area contributed by atoms with Crippen molar-refractivity contribution in [1.82, 2.24) is 4.90 Å². The number of benzene rings is 1. The van der Waals surface area contributed by atoms with Gasteiger partial charge in [0.25, 0.3) is 0 Å². The van der Waals surface area contributed by atoms with Gasteiger partial charge in [0.1, 0.15) is 0 Å². The highest BCUT2D eigenvalue weighted by molar-refractivity contribution is 5.38. The van der Waals surface area contributed by atoms with Crippen LogP contribution in [0.1, 0.15) is 43.0 Å². The normalized spacial score (nSPS) is 26.4. The van der Waals surface area contributed by atoms with E-state index in [9.17, 15) is 0 Å². The first-order valence-electron chi connectivity index (χ1n) is 5.95. The van der Waals surface area contributed by atoms with Crippen molar-refractivity contribution in [3.63, 3.8) is 0 Å². The Kier molecular flexibility index (Phi) is 2.83. The number of rotatable bonds is 1. The Labute approximate surface area is 93.1 Å². The quantitative estimate of drug-likeness (QED) is 0.676. The van der Waals surface area contributed by atoms with Crippen LogP contribution >= 0.6 is 0 Å². The number of fused-ring (bicyclic) bond motifs is 1. The molecule has 0 radical (unpaired) electrons. The van der Waals surface area contributed by atoms with E-state index in [1.54, 1.807) is 5.56 Å². The first-order chi connectivity index (χ1) is 7.15. The third kappa shape index (κ3) is 1.69. The van der Waals surface area contributed by atoms with Crippen molar-refractivity contribution in [3.8, 4) is 0 Å². The lowest BCUT2D eigenvalue weighted by Crippen LogP contribution is -2.39. The minimum Gasteiger partial charge on any atom is -0.296 e. The highest BCUT2D eigenvalue weighted by Crippen LogP contribution is 2.33. The van der Waals surface area contributed by atoms with Gasteiger partial charge in [-0.1, -0.05) is 25.1 Å². The highest BCUT2D eigenvalue weighted by atomic mass is 15.2. The SMILES string of the molecule is CC[C@H]1Cc2c(C)cccc2[C@H](C)N1C. The van der Waals surface area contributed by atoms with E-state index in [2.05, 4.69) is 50.9 Å².